The first-order valence-corrected chi connectivity index (χ1v) is 4.94. The highest BCUT2D eigenvalue weighted by atomic mass is 16.3. The normalized spacial score (nSPS) is 26.4. The highest BCUT2D eigenvalue weighted by Gasteiger charge is 2.31. The lowest BCUT2D eigenvalue weighted by molar-refractivity contribution is 0.299. The molecule has 0 unspecified atom stereocenters. The van der Waals surface area contributed by atoms with Gasteiger partial charge in [-0.3, -0.25) is 0 Å². The number of para-hydroxylation sites is 2. The smallest absolute Gasteiger partial charge is 0.198 e. The average molecular weight is 188 g/mol. The molecule has 1 aliphatic rings. The van der Waals surface area contributed by atoms with Crippen molar-refractivity contribution in [1.82, 2.24) is 4.98 Å². The van der Waals surface area contributed by atoms with E-state index in [1.54, 1.807) is 0 Å². The number of nitrogens with two attached hydrogens (primary N) is 1. The highest BCUT2D eigenvalue weighted by molar-refractivity contribution is 5.72. The molecule has 0 saturated heterocycles. The number of oxazole rings is 1. The Hall–Kier alpha value is -1.35. The SMILES string of the molecule is NC1CC(c2nc3ccccc3o2)C1. The molecule has 1 heterocycles. The maximum atomic E-state index is 5.73. The lowest BCUT2D eigenvalue weighted by Gasteiger charge is -2.29. The number of hydrogen-bond acceptors (Lipinski definition) is 3. The molecule has 2 aromatic rings. The van der Waals surface area contributed by atoms with Gasteiger partial charge in [-0.25, -0.2) is 4.98 Å². The molecule has 1 aromatic heterocycles. The maximum Gasteiger partial charge on any atom is 0.198 e. The van der Waals surface area contributed by atoms with Crippen LogP contribution in [-0.4, -0.2) is 11.0 Å². The second-order valence-corrected chi connectivity index (χ2v) is 3.95. The zero-order chi connectivity index (χ0) is 9.54. The summed E-state index contributed by atoms with van der Waals surface area (Å²) < 4.78 is 5.65. The van der Waals surface area contributed by atoms with Crippen molar-refractivity contribution in [3.8, 4) is 0 Å². The Balaban J connectivity index is 1.99. The van der Waals surface area contributed by atoms with Gasteiger partial charge in [-0.15, -0.1) is 0 Å². The summed E-state index contributed by atoms with van der Waals surface area (Å²) in [5.74, 6) is 1.30. The van der Waals surface area contributed by atoms with Gasteiger partial charge in [0, 0.05) is 12.0 Å². The van der Waals surface area contributed by atoms with E-state index in [2.05, 4.69) is 4.98 Å². The van der Waals surface area contributed by atoms with Gasteiger partial charge in [0.2, 0.25) is 0 Å². The number of fused-ring (bicyclic) bond motifs is 1. The first kappa shape index (κ1) is 8.00. The van der Waals surface area contributed by atoms with Crippen LogP contribution in [0.5, 0.6) is 0 Å². The molecule has 0 aliphatic heterocycles. The van der Waals surface area contributed by atoms with E-state index in [9.17, 15) is 0 Å². The van der Waals surface area contributed by atoms with Crippen LogP contribution in [0, 0.1) is 0 Å². The van der Waals surface area contributed by atoms with Gasteiger partial charge in [0.1, 0.15) is 5.52 Å². The molecule has 1 aliphatic carbocycles. The van der Waals surface area contributed by atoms with Crippen LogP contribution in [0.4, 0.5) is 0 Å². The molecule has 2 N–H and O–H groups in total. The summed E-state index contributed by atoms with van der Waals surface area (Å²) >= 11 is 0. The monoisotopic (exact) mass is 188 g/mol. The summed E-state index contributed by atoms with van der Waals surface area (Å²) in [6, 6.07) is 8.20. The summed E-state index contributed by atoms with van der Waals surface area (Å²) in [5.41, 5.74) is 7.56. The Morgan fingerprint density at radius 2 is 2.07 bits per heavy atom. The van der Waals surface area contributed by atoms with E-state index in [0.29, 0.717) is 12.0 Å². The molecule has 14 heavy (non-hydrogen) atoms. The van der Waals surface area contributed by atoms with Crippen molar-refractivity contribution < 1.29 is 4.42 Å². The zero-order valence-electron chi connectivity index (χ0n) is 7.81. The molecule has 0 spiro atoms. The van der Waals surface area contributed by atoms with Crippen molar-refractivity contribution in [2.75, 3.05) is 0 Å². The van der Waals surface area contributed by atoms with Gasteiger partial charge in [0.15, 0.2) is 11.5 Å². The Labute approximate surface area is 81.9 Å². The molecule has 1 fully saturated rings. The third-order valence-electron chi connectivity index (χ3n) is 2.83. The van der Waals surface area contributed by atoms with Gasteiger partial charge < -0.3 is 10.2 Å². The number of hydrogen-bond donors (Lipinski definition) is 1. The summed E-state index contributed by atoms with van der Waals surface area (Å²) in [5, 5.41) is 0. The molecule has 0 atom stereocenters. The highest BCUT2D eigenvalue weighted by Crippen LogP contribution is 2.36. The predicted molar refractivity (Wildman–Crippen MR) is 54.0 cm³/mol. The van der Waals surface area contributed by atoms with Gasteiger partial charge in [-0.05, 0) is 25.0 Å². The van der Waals surface area contributed by atoms with Crippen LogP contribution in [0.1, 0.15) is 24.7 Å². The van der Waals surface area contributed by atoms with Gasteiger partial charge in [-0.1, -0.05) is 12.1 Å². The molecule has 0 amide bonds. The lowest BCUT2D eigenvalue weighted by Crippen LogP contribution is -2.34. The predicted octanol–water partition coefficient (Wildman–Crippen LogP) is 2.03. The summed E-state index contributed by atoms with van der Waals surface area (Å²) in [7, 11) is 0. The Bertz CT molecular complexity index is 424. The van der Waals surface area contributed by atoms with Crippen LogP contribution in [0.2, 0.25) is 0 Å². The molecule has 72 valence electrons. The molecule has 0 bridgehead atoms. The molecular formula is C11H12N2O. The molecule has 1 saturated carbocycles. The molecule has 0 radical (unpaired) electrons. The van der Waals surface area contributed by atoms with Crippen molar-refractivity contribution in [3.63, 3.8) is 0 Å². The molecule has 3 rings (SSSR count). The number of benzene rings is 1. The molecule has 3 heteroatoms. The fourth-order valence-corrected chi connectivity index (χ4v) is 1.93. The first-order valence-electron chi connectivity index (χ1n) is 4.94. The van der Waals surface area contributed by atoms with Gasteiger partial charge in [-0.2, -0.15) is 0 Å². The maximum absolute atomic E-state index is 5.73. The molecule has 3 nitrogen and oxygen atoms in total. The van der Waals surface area contributed by atoms with Crippen LogP contribution in [0.25, 0.3) is 11.1 Å². The largest absolute Gasteiger partial charge is 0.440 e. The number of aromatic nitrogens is 1. The number of nitrogens with zero attached hydrogens (tertiary/aromatic N) is 1. The average Bonchev–Trinajstić information content (AvgIpc) is 2.55. The minimum atomic E-state index is 0.343. The Kier molecular flexibility index (Phi) is 1.61. The van der Waals surface area contributed by atoms with Gasteiger partial charge >= 0.3 is 0 Å². The van der Waals surface area contributed by atoms with Crippen LogP contribution < -0.4 is 5.73 Å². The van der Waals surface area contributed by atoms with E-state index in [1.807, 2.05) is 24.3 Å². The minimum Gasteiger partial charge on any atom is -0.440 e. The van der Waals surface area contributed by atoms with Crippen molar-refractivity contribution in [2.45, 2.75) is 24.8 Å². The summed E-state index contributed by atoms with van der Waals surface area (Å²) in [6.45, 7) is 0. The van der Waals surface area contributed by atoms with E-state index < -0.39 is 0 Å². The summed E-state index contributed by atoms with van der Waals surface area (Å²) in [6.07, 6.45) is 2.01. The quantitative estimate of drug-likeness (QED) is 0.745. The van der Waals surface area contributed by atoms with E-state index in [4.69, 9.17) is 10.2 Å². The van der Waals surface area contributed by atoms with E-state index in [0.717, 1.165) is 29.8 Å². The fraction of sp³-hybridized carbons (Fsp3) is 0.364. The Morgan fingerprint density at radius 1 is 1.29 bits per heavy atom. The van der Waals surface area contributed by atoms with E-state index >= 15 is 0 Å². The van der Waals surface area contributed by atoms with Crippen molar-refractivity contribution in [3.05, 3.63) is 30.2 Å². The van der Waals surface area contributed by atoms with Crippen LogP contribution in [-0.2, 0) is 0 Å². The Morgan fingerprint density at radius 3 is 2.79 bits per heavy atom. The topological polar surface area (TPSA) is 52.0 Å². The molecule has 1 aromatic carbocycles. The van der Waals surface area contributed by atoms with E-state index in [-0.39, 0.29) is 0 Å². The fourth-order valence-electron chi connectivity index (χ4n) is 1.93. The zero-order valence-corrected chi connectivity index (χ0v) is 7.81. The lowest BCUT2D eigenvalue weighted by atomic mass is 9.81. The van der Waals surface area contributed by atoms with Crippen molar-refractivity contribution in [2.24, 2.45) is 5.73 Å². The first-order chi connectivity index (χ1) is 6.83. The number of rotatable bonds is 1. The minimum absolute atomic E-state index is 0.343. The van der Waals surface area contributed by atoms with Crippen LogP contribution in [0.3, 0.4) is 0 Å². The van der Waals surface area contributed by atoms with E-state index in [1.165, 1.54) is 0 Å². The third-order valence-corrected chi connectivity index (χ3v) is 2.83. The molecular weight excluding hydrogens is 176 g/mol. The van der Waals surface area contributed by atoms with Crippen LogP contribution in [0.15, 0.2) is 28.7 Å². The van der Waals surface area contributed by atoms with Crippen LogP contribution >= 0.6 is 0 Å². The standard InChI is InChI=1S/C11H12N2O/c12-8-5-7(6-8)11-13-9-3-1-2-4-10(9)14-11/h1-4,7-8H,5-6,12H2. The second-order valence-electron chi connectivity index (χ2n) is 3.95. The van der Waals surface area contributed by atoms with Crippen molar-refractivity contribution in [1.29, 1.82) is 0 Å². The van der Waals surface area contributed by atoms with Gasteiger partial charge in [0.25, 0.3) is 0 Å². The summed E-state index contributed by atoms with van der Waals surface area (Å²) in [4.78, 5) is 4.45. The second kappa shape index (κ2) is 2.82. The van der Waals surface area contributed by atoms with Crippen molar-refractivity contribution >= 4 is 11.1 Å². The van der Waals surface area contributed by atoms with Gasteiger partial charge in [0.05, 0.1) is 0 Å². The third kappa shape index (κ3) is 1.13.